The van der Waals surface area contributed by atoms with E-state index in [0.29, 0.717) is 22.4 Å². The lowest BCUT2D eigenvalue weighted by Gasteiger charge is -2.12. The fourth-order valence-corrected chi connectivity index (χ4v) is 3.28. The summed E-state index contributed by atoms with van der Waals surface area (Å²) < 4.78 is 6.17. The monoisotopic (exact) mass is 469 g/mol. The van der Waals surface area contributed by atoms with E-state index in [4.69, 9.17) is 17.0 Å². The number of rotatable bonds is 6. The van der Waals surface area contributed by atoms with Crippen LogP contribution in [0, 0.1) is 0 Å². The van der Waals surface area contributed by atoms with Crippen LogP contribution in [0.15, 0.2) is 77.3 Å². The molecule has 0 saturated heterocycles. The van der Waals surface area contributed by atoms with Crippen LogP contribution in [-0.2, 0) is 0 Å². The maximum Gasteiger partial charge on any atom is 0.257 e. The predicted octanol–water partition coefficient (Wildman–Crippen LogP) is 5.72. The molecule has 0 atom stereocenters. The van der Waals surface area contributed by atoms with E-state index in [1.165, 1.54) is 0 Å². The average molecular weight is 470 g/mol. The summed E-state index contributed by atoms with van der Waals surface area (Å²) in [6, 6.07) is 22.7. The van der Waals surface area contributed by atoms with Gasteiger partial charge in [-0.05, 0) is 89.7 Å². The molecule has 0 unspecified atom stereocenters. The van der Waals surface area contributed by atoms with Crippen molar-refractivity contribution in [3.63, 3.8) is 0 Å². The maximum absolute atomic E-state index is 12.4. The molecule has 148 valence electrons. The third-order valence-corrected chi connectivity index (χ3v) is 4.75. The average Bonchev–Trinajstić information content (AvgIpc) is 2.72. The molecule has 0 radical (unpaired) electrons. The lowest BCUT2D eigenvalue weighted by atomic mass is 10.2. The van der Waals surface area contributed by atoms with Gasteiger partial charge in [0.2, 0.25) is 0 Å². The number of anilines is 3. The molecule has 0 aliphatic carbocycles. The molecule has 3 rings (SSSR count). The van der Waals surface area contributed by atoms with E-state index in [-0.39, 0.29) is 11.0 Å². The molecule has 0 saturated carbocycles. The number of carbonyl (C=O) groups excluding carboxylic acids is 1. The van der Waals surface area contributed by atoms with Crippen molar-refractivity contribution in [1.29, 1.82) is 0 Å². The number of ether oxygens (including phenoxy) is 1. The Balaban J connectivity index is 1.56. The van der Waals surface area contributed by atoms with Crippen LogP contribution in [0.25, 0.3) is 0 Å². The Morgan fingerprint density at radius 1 is 0.966 bits per heavy atom. The first-order chi connectivity index (χ1) is 14.0. The molecular formula is C22H20BrN3O2S. The number of nitrogens with one attached hydrogen (secondary N) is 3. The van der Waals surface area contributed by atoms with Gasteiger partial charge in [-0.1, -0.05) is 18.2 Å². The van der Waals surface area contributed by atoms with Crippen molar-refractivity contribution in [1.82, 2.24) is 5.32 Å². The lowest BCUT2D eigenvalue weighted by Crippen LogP contribution is -2.34. The third-order valence-electron chi connectivity index (χ3n) is 3.93. The highest BCUT2D eigenvalue weighted by Gasteiger charge is 2.11. The number of amides is 1. The van der Waals surface area contributed by atoms with E-state index < -0.39 is 0 Å². The number of carbonyl (C=O) groups is 1. The Hall–Kier alpha value is -2.90. The van der Waals surface area contributed by atoms with Crippen molar-refractivity contribution in [3.05, 3.63) is 82.8 Å². The molecule has 3 aromatic rings. The van der Waals surface area contributed by atoms with Crippen LogP contribution < -0.4 is 20.7 Å². The molecule has 1 amide bonds. The maximum atomic E-state index is 12.4. The normalized spacial score (nSPS) is 10.1. The smallest absolute Gasteiger partial charge is 0.257 e. The van der Waals surface area contributed by atoms with E-state index in [0.717, 1.165) is 17.1 Å². The summed E-state index contributed by atoms with van der Waals surface area (Å²) in [5, 5.41) is 9.23. The first-order valence-electron chi connectivity index (χ1n) is 9.02. The van der Waals surface area contributed by atoms with Gasteiger partial charge in [0.15, 0.2) is 5.11 Å². The molecule has 3 aromatic carbocycles. The fourth-order valence-electron chi connectivity index (χ4n) is 2.58. The summed E-state index contributed by atoms with van der Waals surface area (Å²) in [5.41, 5.74) is 3.22. The quantitative estimate of drug-likeness (QED) is 0.403. The molecule has 7 heteroatoms. The van der Waals surface area contributed by atoms with Gasteiger partial charge in [0.05, 0.1) is 11.1 Å². The molecule has 3 N–H and O–H groups in total. The van der Waals surface area contributed by atoms with Gasteiger partial charge < -0.3 is 15.4 Å². The van der Waals surface area contributed by atoms with Crippen molar-refractivity contribution in [2.24, 2.45) is 0 Å². The van der Waals surface area contributed by atoms with Crippen LogP contribution in [0.3, 0.4) is 0 Å². The molecule has 0 fully saturated rings. The Labute approximate surface area is 183 Å². The second-order valence-corrected chi connectivity index (χ2v) is 7.32. The minimum atomic E-state index is -0.298. The van der Waals surface area contributed by atoms with Crippen LogP contribution >= 0.6 is 28.1 Å². The van der Waals surface area contributed by atoms with Gasteiger partial charge in [0, 0.05) is 22.6 Å². The van der Waals surface area contributed by atoms with Crippen LogP contribution in [0.1, 0.15) is 17.3 Å². The molecule has 0 spiro atoms. The fraction of sp³-hybridized carbons (Fsp3) is 0.0909. The van der Waals surface area contributed by atoms with E-state index >= 15 is 0 Å². The third kappa shape index (κ3) is 6.04. The van der Waals surface area contributed by atoms with Crippen molar-refractivity contribution >= 4 is 56.2 Å². The zero-order valence-corrected chi connectivity index (χ0v) is 18.1. The molecule has 0 aliphatic rings. The highest BCUT2D eigenvalue weighted by atomic mass is 79.9. The second-order valence-electron chi connectivity index (χ2n) is 6.05. The van der Waals surface area contributed by atoms with E-state index in [1.54, 1.807) is 18.2 Å². The Kier molecular flexibility index (Phi) is 7.21. The van der Waals surface area contributed by atoms with E-state index in [1.807, 2.05) is 61.5 Å². The van der Waals surface area contributed by atoms with Crippen LogP contribution in [-0.4, -0.2) is 17.6 Å². The van der Waals surface area contributed by atoms with Gasteiger partial charge in [0.1, 0.15) is 5.75 Å². The summed E-state index contributed by atoms with van der Waals surface area (Å²) in [7, 11) is 0. The van der Waals surface area contributed by atoms with Crippen LogP contribution in [0.2, 0.25) is 0 Å². The summed E-state index contributed by atoms with van der Waals surface area (Å²) in [5.74, 6) is 0.391. The van der Waals surface area contributed by atoms with Crippen molar-refractivity contribution in [2.45, 2.75) is 6.92 Å². The zero-order chi connectivity index (χ0) is 20.6. The molecule has 0 bridgehead atoms. The predicted molar refractivity (Wildman–Crippen MR) is 125 cm³/mol. The van der Waals surface area contributed by atoms with Gasteiger partial charge in [-0.2, -0.15) is 0 Å². The first kappa shape index (κ1) is 20.8. The zero-order valence-electron chi connectivity index (χ0n) is 15.7. The lowest BCUT2D eigenvalue weighted by molar-refractivity contribution is 0.0977. The summed E-state index contributed by atoms with van der Waals surface area (Å²) >= 11 is 8.66. The van der Waals surface area contributed by atoms with E-state index in [9.17, 15) is 4.79 Å². The van der Waals surface area contributed by atoms with Crippen molar-refractivity contribution < 1.29 is 9.53 Å². The summed E-state index contributed by atoms with van der Waals surface area (Å²) in [6.07, 6.45) is 0. The molecule has 5 nitrogen and oxygen atoms in total. The molecule has 0 aromatic heterocycles. The number of benzene rings is 3. The van der Waals surface area contributed by atoms with Gasteiger partial charge in [-0.15, -0.1) is 0 Å². The number of hydrogen-bond acceptors (Lipinski definition) is 4. The van der Waals surface area contributed by atoms with Crippen molar-refractivity contribution in [2.75, 3.05) is 17.2 Å². The standard InChI is InChI=1S/C22H20BrN3O2S/c1-2-28-20-13-8-15(14-19(20)23)21(27)26-22(29)25-18-11-9-17(10-12-18)24-16-6-4-3-5-7-16/h3-14,24H,2H2,1H3,(H2,25,26,27,29). The highest BCUT2D eigenvalue weighted by molar-refractivity contribution is 9.10. The van der Waals surface area contributed by atoms with Gasteiger partial charge in [0.25, 0.3) is 5.91 Å². The van der Waals surface area contributed by atoms with Crippen LogP contribution in [0.4, 0.5) is 17.1 Å². The van der Waals surface area contributed by atoms with Gasteiger partial charge >= 0.3 is 0 Å². The molecule has 29 heavy (non-hydrogen) atoms. The first-order valence-corrected chi connectivity index (χ1v) is 10.2. The Bertz CT molecular complexity index is 995. The van der Waals surface area contributed by atoms with Crippen molar-refractivity contribution in [3.8, 4) is 5.75 Å². The number of para-hydroxylation sites is 1. The van der Waals surface area contributed by atoms with Gasteiger partial charge in [-0.25, -0.2) is 0 Å². The highest BCUT2D eigenvalue weighted by Crippen LogP contribution is 2.26. The largest absolute Gasteiger partial charge is 0.493 e. The number of hydrogen-bond donors (Lipinski definition) is 3. The topological polar surface area (TPSA) is 62.4 Å². The van der Waals surface area contributed by atoms with E-state index in [2.05, 4.69) is 31.9 Å². The minimum Gasteiger partial charge on any atom is -0.493 e. The van der Waals surface area contributed by atoms with Gasteiger partial charge in [-0.3, -0.25) is 10.1 Å². The molecule has 0 aliphatic heterocycles. The minimum absolute atomic E-state index is 0.226. The summed E-state index contributed by atoms with van der Waals surface area (Å²) in [6.45, 7) is 2.46. The Morgan fingerprint density at radius 3 is 2.28 bits per heavy atom. The molecular weight excluding hydrogens is 450 g/mol. The second kappa shape index (κ2) is 10.0. The van der Waals surface area contributed by atoms with Crippen LogP contribution in [0.5, 0.6) is 5.75 Å². The number of thiocarbonyl (C=S) groups is 1. The summed E-state index contributed by atoms with van der Waals surface area (Å²) in [4.78, 5) is 12.4. The SMILES string of the molecule is CCOc1ccc(C(=O)NC(=S)Nc2ccc(Nc3ccccc3)cc2)cc1Br. The number of halogens is 1. The molecule has 0 heterocycles. The Morgan fingerprint density at radius 2 is 1.62 bits per heavy atom.